The minimum absolute atomic E-state index is 0.0273. The number of nitrogens with zero attached hydrogens (tertiary/aromatic N) is 4. The Balaban J connectivity index is 1.08. The van der Waals surface area contributed by atoms with Crippen molar-refractivity contribution in [1.29, 1.82) is 0 Å². The molecule has 0 spiro atoms. The highest BCUT2D eigenvalue weighted by Crippen LogP contribution is 2.40. The van der Waals surface area contributed by atoms with Gasteiger partial charge < -0.3 is 29.4 Å². The number of H-pyrrole nitrogens is 1. The number of carbonyl (C=O) groups excluding carboxylic acids is 1. The van der Waals surface area contributed by atoms with E-state index < -0.39 is 34.3 Å². The molecule has 2 aromatic carbocycles. The number of halogens is 2. The zero-order valence-corrected chi connectivity index (χ0v) is 31.0. The number of benzene rings is 2. The van der Waals surface area contributed by atoms with Crippen molar-refractivity contribution in [1.82, 2.24) is 19.0 Å². The largest absolute Gasteiger partial charge is 0.459 e. The summed E-state index contributed by atoms with van der Waals surface area (Å²) < 4.78 is 45.2. The minimum atomic E-state index is -0.910. The Morgan fingerprint density at radius 1 is 1.04 bits per heavy atom. The average molecular weight is 751 g/mol. The number of hydrogen-bond acceptors (Lipinski definition) is 10. The third-order valence-corrected chi connectivity index (χ3v) is 10.2. The molecular weight excluding hydrogens is 702 g/mol. The van der Waals surface area contributed by atoms with Gasteiger partial charge in [-0.05, 0) is 81.8 Å². The van der Waals surface area contributed by atoms with Gasteiger partial charge in [-0.2, -0.15) is 0 Å². The van der Waals surface area contributed by atoms with Gasteiger partial charge in [-0.1, -0.05) is 13.0 Å². The van der Waals surface area contributed by atoms with Gasteiger partial charge in [0.15, 0.2) is 5.82 Å². The average Bonchev–Trinajstić information content (AvgIpc) is 3.98. The summed E-state index contributed by atoms with van der Waals surface area (Å²) in [6.45, 7) is 8.00. The highest BCUT2D eigenvalue weighted by atomic mass is 19.1. The number of unbranched alkanes of at least 4 members (excludes halogenated alkanes) is 1. The van der Waals surface area contributed by atoms with E-state index in [4.69, 9.17) is 14.6 Å². The highest BCUT2D eigenvalue weighted by molar-refractivity contribution is 5.95. The molecule has 2 aromatic heterocycles. The van der Waals surface area contributed by atoms with E-state index in [-0.39, 0.29) is 67.2 Å². The summed E-state index contributed by atoms with van der Waals surface area (Å²) in [5.74, 6) is -2.30. The standard InChI is InChI=1S/C39H48F2N6O7/c1-4-26-19-27(8-7-24(26)2)42-32-21-33(49)46(39(52)43-32)12-6-5-11-44-13-14-45(22-25(44)3)36-31(40)20-29-35(34(36)41)47(28-9-10-28)23-30(37(29)50)38(51)54-18-17-53-16-15-48/h7-8,19-21,23,25,28,42,48H,4-6,9-18,22H2,1-3H3,(H,43,52)/t25-/m0/s1. The van der Waals surface area contributed by atoms with Crippen molar-refractivity contribution in [3.63, 3.8) is 0 Å². The Kier molecular flexibility index (Phi) is 12.3. The van der Waals surface area contributed by atoms with Crippen LogP contribution in [0.2, 0.25) is 0 Å². The Morgan fingerprint density at radius 3 is 2.52 bits per heavy atom. The monoisotopic (exact) mass is 750 g/mol. The predicted octanol–water partition coefficient (Wildman–Crippen LogP) is 4.24. The zero-order chi connectivity index (χ0) is 38.5. The lowest BCUT2D eigenvalue weighted by molar-refractivity contribution is 0.0256. The molecule has 290 valence electrons. The number of aromatic nitrogens is 3. The second kappa shape index (κ2) is 17.1. The topological polar surface area (TPSA) is 151 Å². The van der Waals surface area contributed by atoms with E-state index in [1.807, 2.05) is 32.0 Å². The molecule has 0 bridgehead atoms. The van der Waals surface area contributed by atoms with Crippen LogP contribution in [-0.4, -0.2) is 88.7 Å². The van der Waals surface area contributed by atoms with Crippen molar-refractivity contribution in [2.45, 2.75) is 71.5 Å². The molecule has 1 saturated carbocycles. The van der Waals surface area contributed by atoms with Crippen LogP contribution in [-0.2, 0) is 22.4 Å². The molecule has 2 fully saturated rings. The molecule has 1 aliphatic carbocycles. The van der Waals surface area contributed by atoms with Gasteiger partial charge in [0.05, 0.1) is 30.7 Å². The third kappa shape index (κ3) is 8.58. The fourth-order valence-electron chi connectivity index (χ4n) is 7.15. The third-order valence-electron chi connectivity index (χ3n) is 10.2. The summed E-state index contributed by atoms with van der Waals surface area (Å²) in [6, 6.07) is 8.10. The molecule has 54 heavy (non-hydrogen) atoms. The van der Waals surface area contributed by atoms with Crippen LogP contribution in [0.3, 0.4) is 0 Å². The van der Waals surface area contributed by atoms with Crippen LogP contribution in [0.15, 0.2) is 50.9 Å². The Bertz CT molecular complexity index is 2150. The first-order valence-corrected chi connectivity index (χ1v) is 18.6. The van der Waals surface area contributed by atoms with Crippen LogP contribution < -0.4 is 26.9 Å². The first-order valence-electron chi connectivity index (χ1n) is 18.6. The summed E-state index contributed by atoms with van der Waals surface area (Å²) in [4.78, 5) is 58.5. The molecule has 2 aliphatic rings. The van der Waals surface area contributed by atoms with E-state index in [1.165, 1.54) is 28.0 Å². The van der Waals surface area contributed by atoms with Gasteiger partial charge in [0.2, 0.25) is 5.43 Å². The number of fused-ring (bicyclic) bond motifs is 1. The number of aliphatic hydroxyl groups excluding tert-OH is 1. The number of rotatable bonds is 16. The molecule has 3 N–H and O–H groups in total. The number of nitrogens with one attached hydrogen (secondary N) is 2. The molecule has 1 saturated heterocycles. The van der Waals surface area contributed by atoms with Crippen LogP contribution in [0.5, 0.6) is 0 Å². The highest BCUT2D eigenvalue weighted by Gasteiger charge is 2.33. The maximum absolute atomic E-state index is 16.4. The van der Waals surface area contributed by atoms with Crippen molar-refractivity contribution < 1.29 is 28.2 Å². The van der Waals surface area contributed by atoms with Crippen LogP contribution in [0.25, 0.3) is 10.9 Å². The SMILES string of the molecule is CCc1cc(Nc2cc(=O)n(CCCCN3CCN(c4c(F)cc5c(=O)c(C(=O)OCCOCCO)cn(C6CC6)c5c4F)C[C@@H]3C)c(=O)[nH]2)ccc1C. The quantitative estimate of drug-likeness (QED) is 0.112. The van der Waals surface area contributed by atoms with Gasteiger partial charge in [0, 0.05) is 56.2 Å². The van der Waals surface area contributed by atoms with Crippen molar-refractivity contribution in [3.8, 4) is 0 Å². The zero-order valence-electron chi connectivity index (χ0n) is 31.0. The molecule has 0 amide bonds. The predicted molar refractivity (Wildman–Crippen MR) is 202 cm³/mol. The lowest BCUT2D eigenvalue weighted by atomic mass is 10.1. The summed E-state index contributed by atoms with van der Waals surface area (Å²) in [6.07, 6.45) is 4.91. The molecule has 0 unspecified atom stereocenters. The normalized spacial score (nSPS) is 16.3. The molecule has 0 radical (unpaired) electrons. The van der Waals surface area contributed by atoms with E-state index in [0.29, 0.717) is 44.8 Å². The minimum Gasteiger partial charge on any atom is -0.459 e. The van der Waals surface area contributed by atoms with Crippen molar-refractivity contribution in [2.24, 2.45) is 0 Å². The number of aromatic amines is 1. The van der Waals surface area contributed by atoms with E-state index in [0.717, 1.165) is 31.0 Å². The lowest BCUT2D eigenvalue weighted by Crippen LogP contribution is -2.52. The maximum atomic E-state index is 16.4. The first kappa shape index (κ1) is 38.9. The first-order chi connectivity index (χ1) is 26.0. The van der Waals surface area contributed by atoms with Gasteiger partial charge in [0.1, 0.15) is 29.5 Å². The number of aryl methyl sites for hydroxylation is 2. The molecule has 6 rings (SSSR count). The summed E-state index contributed by atoms with van der Waals surface area (Å²) >= 11 is 0. The summed E-state index contributed by atoms with van der Waals surface area (Å²) in [7, 11) is 0. The number of carbonyl (C=O) groups is 1. The van der Waals surface area contributed by atoms with E-state index in [1.54, 1.807) is 9.47 Å². The van der Waals surface area contributed by atoms with Crippen molar-refractivity contribution in [3.05, 3.63) is 95.9 Å². The van der Waals surface area contributed by atoms with Gasteiger partial charge in [-0.25, -0.2) is 18.4 Å². The maximum Gasteiger partial charge on any atom is 0.343 e. The van der Waals surface area contributed by atoms with E-state index in [2.05, 4.69) is 22.1 Å². The van der Waals surface area contributed by atoms with Crippen LogP contribution in [0.1, 0.15) is 67.1 Å². The fourth-order valence-corrected chi connectivity index (χ4v) is 7.15. The number of pyridine rings is 1. The molecule has 4 aromatic rings. The van der Waals surface area contributed by atoms with Crippen molar-refractivity contribution >= 4 is 34.1 Å². The number of ether oxygens (including phenoxy) is 2. The number of piperazine rings is 1. The number of hydrogen-bond donors (Lipinski definition) is 3. The molecule has 3 heterocycles. The Morgan fingerprint density at radius 2 is 1.81 bits per heavy atom. The van der Waals surface area contributed by atoms with Gasteiger partial charge in [-0.15, -0.1) is 0 Å². The molecule has 15 heteroatoms. The van der Waals surface area contributed by atoms with Gasteiger partial charge in [-0.3, -0.25) is 24.0 Å². The number of aliphatic hydroxyl groups is 1. The van der Waals surface area contributed by atoms with Gasteiger partial charge in [0.25, 0.3) is 5.56 Å². The van der Waals surface area contributed by atoms with E-state index >= 15 is 8.78 Å². The lowest BCUT2D eigenvalue weighted by Gasteiger charge is -2.41. The van der Waals surface area contributed by atoms with Gasteiger partial charge >= 0.3 is 11.7 Å². The van der Waals surface area contributed by atoms with Crippen LogP contribution in [0, 0.1) is 18.6 Å². The second-order valence-electron chi connectivity index (χ2n) is 14.0. The fraction of sp³-hybridized carbons (Fsp3) is 0.487. The second-order valence-corrected chi connectivity index (χ2v) is 14.0. The molecule has 13 nitrogen and oxygen atoms in total. The Hall–Kier alpha value is -4.86. The van der Waals surface area contributed by atoms with E-state index in [9.17, 15) is 19.2 Å². The molecule has 1 atom stereocenters. The van der Waals surface area contributed by atoms with Crippen LogP contribution >= 0.6 is 0 Å². The molecule has 1 aliphatic heterocycles. The smallest absolute Gasteiger partial charge is 0.343 e. The van der Waals surface area contributed by atoms with Crippen LogP contribution in [0.4, 0.5) is 26.0 Å². The summed E-state index contributed by atoms with van der Waals surface area (Å²) in [5, 5.41) is 11.7. The number of anilines is 3. The van der Waals surface area contributed by atoms with Crippen molar-refractivity contribution in [2.75, 3.05) is 62.8 Å². The Labute approximate surface area is 311 Å². The number of esters is 1. The molecular formula is C39H48F2N6O7. The summed E-state index contributed by atoms with van der Waals surface area (Å²) in [5.41, 5.74) is 0.899.